The standard InChI is InChI=1S/C14H21FN2O2S2/c1-9-7-10(8-11(16)14(9)15)21(18,19)17-12-5-3-4-6-13(12)20-2/h7-8,12-13,17H,3-6,16H2,1-2H3. The van der Waals surface area contributed by atoms with Crippen molar-refractivity contribution in [2.45, 2.75) is 48.8 Å². The van der Waals surface area contributed by atoms with Gasteiger partial charge in [-0.2, -0.15) is 11.8 Å². The maximum absolute atomic E-state index is 13.5. The fourth-order valence-electron chi connectivity index (χ4n) is 2.70. The van der Waals surface area contributed by atoms with Crippen LogP contribution < -0.4 is 10.5 Å². The molecule has 0 spiro atoms. The smallest absolute Gasteiger partial charge is 0.240 e. The van der Waals surface area contributed by atoms with Crippen LogP contribution in [0.4, 0.5) is 10.1 Å². The Balaban J connectivity index is 2.26. The Morgan fingerprint density at radius 1 is 1.33 bits per heavy atom. The van der Waals surface area contributed by atoms with Crippen LogP contribution in [0.3, 0.4) is 0 Å². The van der Waals surface area contributed by atoms with E-state index in [9.17, 15) is 12.8 Å². The zero-order valence-corrected chi connectivity index (χ0v) is 13.9. The van der Waals surface area contributed by atoms with Gasteiger partial charge < -0.3 is 5.73 Å². The Labute approximate surface area is 129 Å². The summed E-state index contributed by atoms with van der Waals surface area (Å²) in [6, 6.07) is 2.43. The van der Waals surface area contributed by atoms with Crippen molar-refractivity contribution < 1.29 is 12.8 Å². The molecule has 1 aromatic rings. The number of rotatable bonds is 4. The molecule has 0 heterocycles. The van der Waals surface area contributed by atoms with E-state index < -0.39 is 15.8 Å². The summed E-state index contributed by atoms with van der Waals surface area (Å²) in [5.41, 5.74) is 5.63. The zero-order chi connectivity index (χ0) is 15.6. The van der Waals surface area contributed by atoms with Gasteiger partial charge >= 0.3 is 0 Å². The first-order chi connectivity index (χ1) is 9.85. The van der Waals surface area contributed by atoms with E-state index in [0.717, 1.165) is 25.7 Å². The van der Waals surface area contributed by atoms with Crippen LogP contribution >= 0.6 is 11.8 Å². The van der Waals surface area contributed by atoms with Crippen molar-refractivity contribution in [1.82, 2.24) is 4.72 Å². The first kappa shape index (κ1) is 16.6. The molecule has 0 amide bonds. The molecule has 7 heteroatoms. The van der Waals surface area contributed by atoms with E-state index >= 15 is 0 Å². The Morgan fingerprint density at radius 3 is 2.62 bits per heavy atom. The van der Waals surface area contributed by atoms with Gasteiger partial charge in [0.25, 0.3) is 0 Å². The second kappa shape index (κ2) is 6.54. The third-order valence-electron chi connectivity index (χ3n) is 3.88. The van der Waals surface area contributed by atoms with Crippen LogP contribution in [0.25, 0.3) is 0 Å². The van der Waals surface area contributed by atoms with E-state index in [0.29, 0.717) is 0 Å². The van der Waals surface area contributed by atoms with Crippen molar-refractivity contribution in [2.24, 2.45) is 0 Å². The predicted octanol–water partition coefficient (Wildman–Crippen LogP) is 2.67. The van der Waals surface area contributed by atoms with Gasteiger partial charge in [0.15, 0.2) is 0 Å². The van der Waals surface area contributed by atoms with Gasteiger partial charge in [0.2, 0.25) is 10.0 Å². The van der Waals surface area contributed by atoms with Crippen LogP contribution in [-0.4, -0.2) is 26.0 Å². The third-order valence-corrected chi connectivity index (χ3v) is 6.52. The van der Waals surface area contributed by atoms with Crippen LogP contribution in [0.15, 0.2) is 17.0 Å². The summed E-state index contributed by atoms with van der Waals surface area (Å²) in [6.45, 7) is 1.51. The van der Waals surface area contributed by atoms with Gasteiger partial charge in [-0.1, -0.05) is 12.8 Å². The average Bonchev–Trinajstić information content (AvgIpc) is 2.44. The number of nitrogen functional groups attached to an aromatic ring is 1. The monoisotopic (exact) mass is 332 g/mol. The summed E-state index contributed by atoms with van der Waals surface area (Å²) in [6.07, 6.45) is 6.00. The lowest BCUT2D eigenvalue weighted by Gasteiger charge is -2.30. The van der Waals surface area contributed by atoms with E-state index in [4.69, 9.17) is 5.73 Å². The molecule has 1 saturated carbocycles. The number of hydrogen-bond donors (Lipinski definition) is 2. The number of anilines is 1. The first-order valence-corrected chi connectivity index (χ1v) is 9.73. The fourth-order valence-corrected chi connectivity index (χ4v) is 5.15. The fraction of sp³-hybridized carbons (Fsp3) is 0.571. The summed E-state index contributed by atoms with van der Waals surface area (Å²) >= 11 is 1.69. The molecule has 0 aromatic heterocycles. The molecule has 0 radical (unpaired) electrons. The van der Waals surface area contributed by atoms with Crippen molar-refractivity contribution in [3.63, 3.8) is 0 Å². The molecule has 1 aliphatic carbocycles. The number of nitrogens with one attached hydrogen (secondary N) is 1. The minimum atomic E-state index is -3.67. The maximum atomic E-state index is 13.5. The molecule has 2 rings (SSSR count). The quantitative estimate of drug-likeness (QED) is 0.832. The van der Waals surface area contributed by atoms with Crippen molar-refractivity contribution in [3.05, 3.63) is 23.5 Å². The van der Waals surface area contributed by atoms with Gasteiger partial charge in [-0.15, -0.1) is 0 Å². The van der Waals surface area contributed by atoms with Crippen molar-refractivity contribution in [1.29, 1.82) is 0 Å². The average molecular weight is 332 g/mol. The molecule has 1 fully saturated rings. The van der Waals surface area contributed by atoms with E-state index in [2.05, 4.69) is 4.72 Å². The number of aryl methyl sites for hydroxylation is 1. The van der Waals surface area contributed by atoms with Gasteiger partial charge in [0.05, 0.1) is 10.6 Å². The Kier molecular flexibility index (Phi) is 5.16. The molecule has 3 N–H and O–H groups in total. The van der Waals surface area contributed by atoms with Crippen molar-refractivity contribution in [2.75, 3.05) is 12.0 Å². The highest BCUT2D eigenvalue weighted by molar-refractivity contribution is 7.99. The Morgan fingerprint density at radius 2 is 2.00 bits per heavy atom. The molecule has 2 atom stereocenters. The molecule has 1 aliphatic rings. The predicted molar refractivity (Wildman–Crippen MR) is 85.4 cm³/mol. The number of hydrogen-bond acceptors (Lipinski definition) is 4. The van der Waals surface area contributed by atoms with Gasteiger partial charge in [-0.3, -0.25) is 0 Å². The van der Waals surface area contributed by atoms with Gasteiger partial charge in [-0.25, -0.2) is 17.5 Å². The normalized spacial score (nSPS) is 23.2. The minimum Gasteiger partial charge on any atom is -0.396 e. The molecule has 0 saturated heterocycles. The van der Waals surface area contributed by atoms with Crippen molar-refractivity contribution >= 4 is 27.5 Å². The van der Waals surface area contributed by atoms with Gasteiger partial charge in [0, 0.05) is 11.3 Å². The highest BCUT2D eigenvalue weighted by Crippen LogP contribution is 2.29. The highest BCUT2D eigenvalue weighted by atomic mass is 32.2. The third kappa shape index (κ3) is 3.70. The summed E-state index contributed by atoms with van der Waals surface area (Å²) in [5, 5.41) is 0.285. The second-order valence-electron chi connectivity index (χ2n) is 5.43. The molecule has 0 aliphatic heterocycles. The van der Waals surface area contributed by atoms with Crippen LogP contribution in [0.2, 0.25) is 0 Å². The lowest BCUT2D eigenvalue weighted by Crippen LogP contribution is -2.43. The lowest BCUT2D eigenvalue weighted by molar-refractivity contribution is 0.423. The maximum Gasteiger partial charge on any atom is 0.240 e. The van der Waals surface area contributed by atoms with Crippen LogP contribution in [0, 0.1) is 12.7 Å². The highest BCUT2D eigenvalue weighted by Gasteiger charge is 2.29. The summed E-state index contributed by atoms with van der Waals surface area (Å²) in [5.74, 6) is -0.561. The Hall–Kier alpha value is -0.790. The van der Waals surface area contributed by atoms with E-state index in [1.54, 1.807) is 11.8 Å². The zero-order valence-electron chi connectivity index (χ0n) is 12.2. The summed E-state index contributed by atoms with van der Waals surface area (Å²) in [7, 11) is -3.67. The summed E-state index contributed by atoms with van der Waals surface area (Å²) in [4.78, 5) is 0.0318. The lowest BCUT2D eigenvalue weighted by atomic mass is 9.96. The van der Waals surface area contributed by atoms with E-state index in [-0.39, 0.29) is 27.4 Å². The Bertz CT molecular complexity index is 596. The molecule has 1 aromatic carbocycles. The van der Waals surface area contributed by atoms with E-state index in [1.165, 1.54) is 19.1 Å². The topological polar surface area (TPSA) is 72.2 Å². The molecular formula is C14H21FN2O2S2. The number of halogens is 1. The SMILES string of the molecule is CSC1CCCCC1NS(=O)(=O)c1cc(C)c(F)c(N)c1. The molecule has 2 unspecified atom stereocenters. The van der Waals surface area contributed by atoms with Crippen LogP contribution in [-0.2, 0) is 10.0 Å². The van der Waals surface area contributed by atoms with E-state index in [1.807, 2.05) is 6.26 Å². The molecular weight excluding hydrogens is 311 g/mol. The first-order valence-electron chi connectivity index (χ1n) is 6.96. The largest absolute Gasteiger partial charge is 0.396 e. The molecule has 4 nitrogen and oxygen atoms in total. The van der Waals surface area contributed by atoms with Crippen LogP contribution in [0.5, 0.6) is 0 Å². The van der Waals surface area contributed by atoms with Gasteiger partial charge in [-0.05, 0) is 43.7 Å². The second-order valence-corrected chi connectivity index (χ2v) is 8.22. The molecule has 118 valence electrons. The van der Waals surface area contributed by atoms with Crippen molar-refractivity contribution in [3.8, 4) is 0 Å². The number of nitrogens with two attached hydrogens (primary N) is 1. The molecule has 0 bridgehead atoms. The summed E-state index contributed by atoms with van der Waals surface area (Å²) < 4.78 is 41.2. The minimum absolute atomic E-state index is 0.0318. The van der Waals surface area contributed by atoms with Crippen LogP contribution in [0.1, 0.15) is 31.2 Å². The molecule has 21 heavy (non-hydrogen) atoms. The number of thioether (sulfide) groups is 1. The number of benzene rings is 1. The number of sulfonamides is 1. The van der Waals surface area contributed by atoms with Gasteiger partial charge in [0.1, 0.15) is 5.82 Å².